The first kappa shape index (κ1) is 32.1. The molecule has 0 fully saturated rings. The zero-order valence-electron chi connectivity index (χ0n) is 25.8. The molecule has 2 heterocycles. The van der Waals surface area contributed by atoms with Crippen molar-refractivity contribution in [2.45, 2.75) is 6.42 Å². The number of anilines is 3. The van der Waals surface area contributed by atoms with E-state index >= 15 is 0 Å². The number of fused-ring (bicyclic) bond motifs is 2. The van der Waals surface area contributed by atoms with E-state index in [9.17, 15) is 4.79 Å². The molecular formula is C34H29N7O5S2. The summed E-state index contributed by atoms with van der Waals surface area (Å²) < 4.78 is 22.0. The standard InChI is InChI=1S/C34H29N7O5S2/c1-43-26-15-14-20(18-28(26)44-2)16-17-35-33(47)40-30-37-31(41-34(48)36-24-12-7-9-21-8-3-4-10-22(21)24)39-32(38-30)46-27-19-29(42)45-25-13-6-5-11-23(25)27/h3-15,18-19H,16-17H2,1-2H3,(H4,35,36,37,38,39,40,41,47,48). The Bertz CT molecular complexity index is 2190. The Morgan fingerprint density at radius 3 is 2.23 bits per heavy atom. The van der Waals surface area contributed by atoms with Crippen molar-refractivity contribution in [2.75, 3.05) is 36.7 Å². The minimum Gasteiger partial charge on any atom is -0.493 e. The van der Waals surface area contributed by atoms with Crippen LogP contribution in [0.25, 0.3) is 21.7 Å². The predicted molar refractivity (Wildman–Crippen MR) is 194 cm³/mol. The first-order chi connectivity index (χ1) is 23.4. The van der Waals surface area contributed by atoms with E-state index in [0.717, 1.165) is 22.0 Å². The van der Waals surface area contributed by atoms with E-state index < -0.39 is 5.63 Å². The van der Waals surface area contributed by atoms with Gasteiger partial charge in [0.2, 0.25) is 11.9 Å². The Hall–Kier alpha value is -5.86. The smallest absolute Gasteiger partial charge is 0.339 e. The topological polar surface area (TPSA) is 145 Å². The molecule has 6 rings (SSSR count). The lowest BCUT2D eigenvalue weighted by atomic mass is 10.1. The van der Waals surface area contributed by atoms with Gasteiger partial charge in [-0.05, 0) is 72.1 Å². The summed E-state index contributed by atoms with van der Waals surface area (Å²) in [6.45, 7) is 0.506. The van der Waals surface area contributed by atoms with Gasteiger partial charge in [-0.3, -0.25) is 0 Å². The predicted octanol–water partition coefficient (Wildman–Crippen LogP) is 6.28. The number of ether oxygens (including phenoxy) is 3. The van der Waals surface area contributed by atoms with Gasteiger partial charge < -0.3 is 39.9 Å². The van der Waals surface area contributed by atoms with E-state index in [4.69, 9.17) is 43.1 Å². The normalized spacial score (nSPS) is 10.7. The highest BCUT2D eigenvalue weighted by Gasteiger charge is 2.15. The summed E-state index contributed by atoms with van der Waals surface area (Å²) in [7, 11) is 3.19. The van der Waals surface area contributed by atoms with E-state index in [-0.39, 0.29) is 33.9 Å². The van der Waals surface area contributed by atoms with E-state index in [1.165, 1.54) is 6.07 Å². The lowest BCUT2D eigenvalue weighted by Crippen LogP contribution is -2.31. The molecule has 0 amide bonds. The minimum atomic E-state index is -0.588. The molecule has 4 aromatic carbocycles. The van der Waals surface area contributed by atoms with Crippen molar-refractivity contribution < 1.29 is 18.6 Å². The Kier molecular flexibility index (Phi) is 9.83. The van der Waals surface area contributed by atoms with E-state index in [2.05, 4.69) is 36.2 Å². The van der Waals surface area contributed by atoms with Crippen LogP contribution in [-0.2, 0) is 6.42 Å². The van der Waals surface area contributed by atoms with Crippen LogP contribution in [0.15, 0.2) is 100 Å². The number of hydrogen-bond acceptors (Lipinski definition) is 10. The van der Waals surface area contributed by atoms with E-state index in [0.29, 0.717) is 35.4 Å². The van der Waals surface area contributed by atoms with Gasteiger partial charge in [0.1, 0.15) is 11.3 Å². The zero-order chi connectivity index (χ0) is 33.5. The third-order valence-corrected chi connectivity index (χ3v) is 7.51. The molecule has 0 atom stereocenters. The fraction of sp³-hybridized carbons (Fsp3) is 0.118. The molecule has 0 saturated carbocycles. The van der Waals surface area contributed by atoms with Crippen LogP contribution in [0, 0.1) is 0 Å². The minimum absolute atomic E-state index is 0.0700. The summed E-state index contributed by atoms with van der Waals surface area (Å²) in [5.74, 6) is 1.65. The van der Waals surface area contributed by atoms with Crippen molar-refractivity contribution in [2.24, 2.45) is 0 Å². The van der Waals surface area contributed by atoms with Gasteiger partial charge in [0.05, 0.1) is 25.7 Å². The van der Waals surface area contributed by atoms with Crippen LogP contribution in [0.5, 0.6) is 23.3 Å². The average molecular weight is 680 g/mol. The Labute approximate surface area is 285 Å². The molecule has 242 valence electrons. The number of nitrogens with zero attached hydrogens (tertiary/aromatic N) is 3. The maximum Gasteiger partial charge on any atom is 0.339 e. The third-order valence-electron chi connectivity index (χ3n) is 7.06. The van der Waals surface area contributed by atoms with Crippen molar-refractivity contribution in [3.63, 3.8) is 0 Å². The SMILES string of the molecule is COc1ccc(CCNC(=S)Nc2nc(NC(=S)Nc3cccc4ccccc34)nc(Oc3cc(=O)oc4ccccc34)n2)cc1OC. The van der Waals surface area contributed by atoms with Crippen LogP contribution in [-0.4, -0.2) is 45.9 Å². The number of para-hydroxylation sites is 1. The second kappa shape index (κ2) is 14.7. The summed E-state index contributed by atoms with van der Waals surface area (Å²) in [4.78, 5) is 25.5. The fourth-order valence-corrected chi connectivity index (χ4v) is 5.26. The highest BCUT2D eigenvalue weighted by atomic mass is 32.1. The Balaban J connectivity index is 1.21. The van der Waals surface area contributed by atoms with Crippen molar-refractivity contribution in [1.82, 2.24) is 20.3 Å². The Morgan fingerprint density at radius 2 is 1.44 bits per heavy atom. The number of methoxy groups -OCH3 is 2. The van der Waals surface area contributed by atoms with Gasteiger partial charge >= 0.3 is 11.6 Å². The van der Waals surface area contributed by atoms with Gasteiger partial charge in [-0.25, -0.2) is 4.79 Å². The maximum atomic E-state index is 12.3. The number of hydrogen-bond donors (Lipinski definition) is 4. The first-order valence-electron chi connectivity index (χ1n) is 14.7. The summed E-state index contributed by atoms with van der Waals surface area (Å²) in [5, 5.41) is 15.4. The van der Waals surface area contributed by atoms with Crippen LogP contribution in [0.3, 0.4) is 0 Å². The van der Waals surface area contributed by atoms with Gasteiger partial charge in [0.15, 0.2) is 21.7 Å². The van der Waals surface area contributed by atoms with Crippen molar-refractivity contribution in [1.29, 1.82) is 0 Å². The maximum absolute atomic E-state index is 12.3. The molecule has 2 aromatic heterocycles. The van der Waals surface area contributed by atoms with E-state index in [1.54, 1.807) is 38.5 Å². The molecule has 0 aliphatic rings. The number of benzene rings is 4. The zero-order valence-corrected chi connectivity index (χ0v) is 27.4. The summed E-state index contributed by atoms with van der Waals surface area (Å²) in [5.41, 5.74) is 1.59. The number of nitrogens with one attached hydrogen (secondary N) is 4. The van der Waals surface area contributed by atoms with Crippen molar-refractivity contribution in [3.8, 4) is 23.3 Å². The fourth-order valence-electron chi connectivity index (χ4n) is 4.87. The molecular weight excluding hydrogens is 651 g/mol. The lowest BCUT2D eigenvalue weighted by Gasteiger charge is -2.14. The number of thiocarbonyl (C=S) groups is 2. The molecule has 4 N–H and O–H groups in total. The molecule has 0 spiro atoms. The van der Waals surface area contributed by atoms with Gasteiger partial charge in [-0.2, -0.15) is 15.0 Å². The molecule has 14 heteroatoms. The third kappa shape index (κ3) is 7.74. The van der Waals surface area contributed by atoms with E-state index in [1.807, 2.05) is 60.7 Å². The van der Waals surface area contributed by atoms with Crippen LogP contribution in [0.2, 0.25) is 0 Å². The van der Waals surface area contributed by atoms with Crippen molar-refractivity contribution >= 4 is 74.0 Å². The molecule has 48 heavy (non-hydrogen) atoms. The average Bonchev–Trinajstić information content (AvgIpc) is 3.08. The molecule has 0 aliphatic carbocycles. The lowest BCUT2D eigenvalue weighted by molar-refractivity contribution is 0.354. The largest absolute Gasteiger partial charge is 0.493 e. The summed E-state index contributed by atoms with van der Waals surface area (Å²) in [6.07, 6.45) is 0.651. The second-order valence-corrected chi connectivity index (χ2v) is 11.0. The first-order valence-corrected chi connectivity index (χ1v) is 15.5. The molecule has 12 nitrogen and oxygen atoms in total. The van der Waals surface area contributed by atoms with Gasteiger partial charge in [-0.1, -0.05) is 54.6 Å². The molecule has 0 bridgehead atoms. The molecule has 0 radical (unpaired) electrons. The molecule has 0 saturated heterocycles. The van der Waals surface area contributed by atoms with Crippen LogP contribution in [0.1, 0.15) is 5.56 Å². The second-order valence-electron chi connectivity index (χ2n) is 10.2. The molecule has 6 aromatic rings. The van der Waals surface area contributed by atoms with Crippen LogP contribution >= 0.6 is 24.4 Å². The van der Waals surface area contributed by atoms with Crippen LogP contribution in [0.4, 0.5) is 17.6 Å². The summed E-state index contributed by atoms with van der Waals surface area (Å²) in [6, 6.07) is 27.6. The number of rotatable bonds is 10. The highest BCUT2D eigenvalue weighted by Crippen LogP contribution is 2.29. The Morgan fingerprint density at radius 1 is 0.729 bits per heavy atom. The molecule has 0 unspecified atom stereocenters. The van der Waals surface area contributed by atoms with Gasteiger partial charge in [0, 0.05) is 17.6 Å². The molecule has 0 aliphatic heterocycles. The monoisotopic (exact) mass is 679 g/mol. The quantitative estimate of drug-likeness (QED) is 0.0952. The van der Waals surface area contributed by atoms with Gasteiger partial charge in [-0.15, -0.1) is 0 Å². The van der Waals surface area contributed by atoms with Crippen molar-refractivity contribution in [3.05, 3.63) is 107 Å². The summed E-state index contributed by atoms with van der Waals surface area (Å²) >= 11 is 11.1. The van der Waals surface area contributed by atoms with Crippen LogP contribution < -0.4 is 41.1 Å². The number of aromatic nitrogens is 3. The highest BCUT2D eigenvalue weighted by molar-refractivity contribution is 7.80. The van der Waals surface area contributed by atoms with Gasteiger partial charge in [0.25, 0.3) is 0 Å².